The van der Waals surface area contributed by atoms with E-state index in [-0.39, 0.29) is 18.5 Å². The first kappa shape index (κ1) is 12.8. The first-order chi connectivity index (χ1) is 8.74. The Labute approximate surface area is 107 Å². The van der Waals surface area contributed by atoms with Gasteiger partial charge in [0.2, 0.25) is 0 Å². The van der Waals surface area contributed by atoms with Crippen molar-refractivity contribution in [1.29, 1.82) is 5.41 Å². The molecular formula is C13H20N4O. The highest BCUT2D eigenvalue weighted by molar-refractivity contribution is 6.00. The van der Waals surface area contributed by atoms with Crippen LogP contribution in [0.1, 0.15) is 31.2 Å². The van der Waals surface area contributed by atoms with Gasteiger partial charge in [0.25, 0.3) is 0 Å². The lowest BCUT2D eigenvalue weighted by atomic mass is 10.1. The van der Waals surface area contributed by atoms with Crippen molar-refractivity contribution in [2.75, 3.05) is 18.1 Å². The number of rotatable bonds is 3. The van der Waals surface area contributed by atoms with Crippen molar-refractivity contribution >= 4 is 11.5 Å². The van der Waals surface area contributed by atoms with E-state index >= 15 is 0 Å². The number of amidine groups is 1. The molecule has 0 saturated carbocycles. The lowest BCUT2D eigenvalue weighted by Gasteiger charge is -2.31. The Balaban J connectivity index is 2.35. The van der Waals surface area contributed by atoms with Crippen molar-refractivity contribution < 1.29 is 5.11 Å². The fourth-order valence-corrected chi connectivity index (χ4v) is 2.53. The number of nitrogens with one attached hydrogen (secondary N) is 1. The topological polar surface area (TPSA) is 86.2 Å². The van der Waals surface area contributed by atoms with Gasteiger partial charge in [-0.05, 0) is 18.9 Å². The van der Waals surface area contributed by atoms with Crippen molar-refractivity contribution in [3.8, 4) is 0 Å². The number of anilines is 1. The second-order valence-electron chi connectivity index (χ2n) is 4.69. The predicted octanol–water partition coefficient (Wildman–Crippen LogP) is 1.11. The van der Waals surface area contributed by atoms with Crippen LogP contribution in [-0.4, -0.2) is 35.1 Å². The molecule has 5 nitrogen and oxygen atoms in total. The molecule has 5 heteroatoms. The zero-order valence-corrected chi connectivity index (χ0v) is 10.5. The number of aliphatic hydroxyl groups is 1. The van der Waals surface area contributed by atoms with Crippen LogP contribution in [0.25, 0.3) is 0 Å². The minimum Gasteiger partial charge on any atom is -0.394 e. The summed E-state index contributed by atoms with van der Waals surface area (Å²) in [6, 6.07) is 1.87. The second-order valence-corrected chi connectivity index (χ2v) is 4.69. The predicted molar refractivity (Wildman–Crippen MR) is 71.9 cm³/mol. The van der Waals surface area contributed by atoms with E-state index in [0.29, 0.717) is 5.56 Å². The van der Waals surface area contributed by atoms with Gasteiger partial charge in [-0.2, -0.15) is 0 Å². The molecule has 0 aliphatic carbocycles. The SMILES string of the molecule is N=C(N)c1ccncc1N1CCCCCC1CO. The number of aromatic nitrogens is 1. The Kier molecular flexibility index (Phi) is 4.15. The van der Waals surface area contributed by atoms with Crippen LogP contribution in [0, 0.1) is 5.41 Å². The molecule has 1 aromatic rings. The Morgan fingerprint density at radius 2 is 2.33 bits per heavy atom. The highest BCUT2D eigenvalue weighted by Crippen LogP contribution is 2.26. The van der Waals surface area contributed by atoms with Crippen LogP contribution in [0.2, 0.25) is 0 Å². The van der Waals surface area contributed by atoms with Gasteiger partial charge in [-0.25, -0.2) is 0 Å². The van der Waals surface area contributed by atoms with Crippen LogP contribution in [0.4, 0.5) is 5.69 Å². The molecular weight excluding hydrogens is 228 g/mol. The molecule has 1 atom stereocenters. The summed E-state index contributed by atoms with van der Waals surface area (Å²) in [5.74, 6) is 0.0494. The summed E-state index contributed by atoms with van der Waals surface area (Å²) in [6.45, 7) is 1.02. The average molecular weight is 248 g/mol. The quantitative estimate of drug-likeness (QED) is 0.552. The molecule has 0 aromatic carbocycles. The lowest BCUT2D eigenvalue weighted by molar-refractivity contribution is 0.255. The Morgan fingerprint density at radius 1 is 1.50 bits per heavy atom. The van der Waals surface area contributed by atoms with Crippen molar-refractivity contribution in [3.63, 3.8) is 0 Å². The summed E-state index contributed by atoms with van der Waals surface area (Å²) in [5.41, 5.74) is 7.18. The van der Waals surface area contributed by atoms with Crippen LogP contribution in [0.3, 0.4) is 0 Å². The summed E-state index contributed by atoms with van der Waals surface area (Å²) in [7, 11) is 0. The van der Waals surface area contributed by atoms with E-state index in [4.69, 9.17) is 11.1 Å². The van der Waals surface area contributed by atoms with Gasteiger partial charge in [0, 0.05) is 18.3 Å². The van der Waals surface area contributed by atoms with Crippen molar-refractivity contribution in [1.82, 2.24) is 4.98 Å². The average Bonchev–Trinajstić information content (AvgIpc) is 2.63. The molecule has 0 spiro atoms. The number of aliphatic hydroxyl groups excluding tert-OH is 1. The van der Waals surface area contributed by atoms with Crippen LogP contribution in [0.5, 0.6) is 0 Å². The van der Waals surface area contributed by atoms with Gasteiger partial charge in [-0.1, -0.05) is 12.8 Å². The monoisotopic (exact) mass is 248 g/mol. The van der Waals surface area contributed by atoms with E-state index in [9.17, 15) is 5.11 Å². The molecule has 2 rings (SSSR count). The van der Waals surface area contributed by atoms with E-state index in [1.807, 2.05) is 0 Å². The minimum atomic E-state index is 0.0494. The maximum Gasteiger partial charge on any atom is 0.125 e. The summed E-state index contributed by atoms with van der Waals surface area (Å²) in [5, 5.41) is 17.2. The van der Waals surface area contributed by atoms with Crippen LogP contribution in [-0.2, 0) is 0 Å². The molecule has 0 bridgehead atoms. The maximum absolute atomic E-state index is 9.53. The number of nitrogens with zero attached hydrogens (tertiary/aromatic N) is 2. The smallest absolute Gasteiger partial charge is 0.125 e. The van der Waals surface area contributed by atoms with E-state index in [0.717, 1.165) is 31.5 Å². The molecule has 18 heavy (non-hydrogen) atoms. The Hall–Kier alpha value is -1.62. The molecule has 1 unspecified atom stereocenters. The Morgan fingerprint density at radius 3 is 3.06 bits per heavy atom. The van der Waals surface area contributed by atoms with Gasteiger partial charge < -0.3 is 15.7 Å². The fraction of sp³-hybridized carbons (Fsp3) is 0.538. The molecule has 1 saturated heterocycles. The minimum absolute atomic E-state index is 0.0494. The van der Waals surface area contributed by atoms with E-state index in [1.54, 1.807) is 18.5 Å². The summed E-state index contributed by atoms with van der Waals surface area (Å²) in [4.78, 5) is 6.28. The summed E-state index contributed by atoms with van der Waals surface area (Å²) < 4.78 is 0. The highest BCUT2D eigenvalue weighted by Gasteiger charge is 2.23. The number of nitrogen functional groups attached to an aromatic ring is 1. The van der Waals surface area contributed by atoms with E-state index in [1.165, 1.54) is 6.42 Å². The second kappa shape index (κ2) is 5.82. The van der Waals surface area contributed by atoms with Gasteiger partial charge in [-0.15, -0.1) is 0 Å². The first-order valence-electron chi connectivity index (χ1n) is 6.40. The molecule has 98 valence electrons. The Bertz CT molecular complexity index is 421. The van der Waals surface area contributed by atoms with Crippen LogP contribution in [0.15, 0.2) is 18.5 Å². The first-order valence-corrected chi connectivity index (χ1v) is 6.40. The molecule has 0 amide bonds. The third-order valence-corrected chi connectivity index (χ3v) is 3.49. The van der Waals surface area contributed by atoms with Crippen LogP contribution < -0.4 is 10.6 Å². The van der Waals surface area contributed by atoms with Gasteiger partial charge in [0.05, 0.1) is 24.5 Å². The third-order valence-electron chi connectivity index (χ3n) is 3.49. The normalized spacial score (nSPS) is 20.5. The third kappa shape index (κ3) is 2.61. The van der Waals surface area contributed by atoms with Crippen molar-refractivity contribution in [2.45, 2.75) is 31.7 Å². The lowest BCUT2D eigenvalue weighted by Crippen LogP contribution is -2.39. The molecule has 1 aliphatic rings. The number of pyridine rings is 1. The molecule has 2 heterocycles. The van der Waals surface area contributed by atoms with Crippen LogP contribution >= 0.6 is 0 Å². The molecule has 0 radical (unpaired) electrons. The van der Waals surface area contributed by atoms with E-state index < -0.39 is 0 Å². The van der Waals surface area contributed by atoms with Gasteiger partial charge in [0.1, 0.15) is 5.84 Å². The molecule has 4 N–H and O–H groups in total. The van der Waals surface area contributed by atoms with Gasteiger partial charge in [0.15, 0.2) is 0 Å². The number of nitrogens with two attached hydrogens (primary N) is 1. The summed E-state index contributed by atoms with van der Waals surface area (Å²) >= 11 is 0. The zero-order chi connectivity index (χ0) is 13.0. The summed E-state index contributed by atoms with van der Waals surface area (Å²) in [6.07, 6.45) is 7.78. The van der Waals surface area contributed by atoms with E-state index in [2.05, 4.69) is 9.88 Å². The molecule has 1 aliphatic heterocycles. The molecule has 1 fully saturated rings. The number of hydrogen-bond donors (Lipinski definition) is 3. The zero-order valence-electron chi connectivity index (χ0n) is 10.5. The van der Waals surface area contributed by atoms with Crippen molar-refractivity contribution in [3.05, 3.63) is 24.0 Å². The van der Waals surface area contributed by atoms with Gasteiger partial charge >= 0.3 is 0 Å². The van der Waals surface area contributed by atoms with Crippen molar-refractivity contribution in [2.24, 2.45) is 5.73 Å². The largest absolute Gasteiger partial charge is 0.394 e. The maximum atomic E-state index is 9.53. The fourth-order valence-electron chi connectivity index (χ4n) is 2.53. The standard InChI is InChI=1S/C13H20N4O/c14-13(15)11-5-6-16-8-12(11)17-7-3-1-2-4-10(17)9-18/h5-6,8,10,18H,1-4,7,9H2,(H3,14,15). The molecule has 1 aromatic heterocycles. The van der Waals surface area contributed by atoms with Gasteiger partial charge in [-0.3, -0.25) is 10.4 Å². The number of hydrogen-bond acceptors (Lipinski definition) is 4. The highest BCUT2D eigenvalue weighted by atomic mass is 16.3.